The largest absolute Gasteiger partial charge is 0.378 e. The first-order chi connectivity index (χ1) is 10.1. The highest BCUT2D eigenvalue weighted by molar-refractivity contribution is 6.31. The predicted octanol–water partition coefficient (Wildman–Crippen LogP) is 3.04. The third kappa shape index (κ3) is 5.13. The van der Waals surface area contributed by atoms with Gasteiger partial charge in [0.25, 0.3) is 5.91 Å². The number of ether oxygens (including phenoxy) is 1. The number of aryl methyl sites for hydroxylation is 1. The first kappa shape index (κ1) is 19.2. The second kappa shape index (κ2) is 9.36. The number of piperidine rings is 1. The standard InChI is InChI=1S/C16H23ClN2O2.ClH/c1-12-3-4-13(11-15(12)17)16(20)19-8-5-14(6-9-19)21-10-2-7-18;/h3-4,11,14H,2,5-10,18H2,1H3;1H. The number of carbonyl (C=O) groups is 1. The number of nitrogens with two attached hydrogens (primary N) is 1. The average molecular weight is 347 g/mol. The summed E-state index contributed by atoms with van der Waals surface area (Å²) < 4.78 is 5.75. The topological polar surface area (TPSA) is 55.6 Å². The zero-order chi connectivity index (χ0) is 15.2. The van der Waals surface area contributed by atoms with Crippen LogP contribution in [-0.4, -0.2) is 43.2 Å². The molecule has 2 N–H and O–H groups in total. The maximum atomic E-state index is 12.4. The number of nitrogens with zero attached hydrogens (tertiary/aromatic N) is 1. The summed E-state index contributed by atoms with van der Waals surface area (Å²) in [5, 5.41) is 0.640. The number of likely N-dealkylation sites (tertiary alicyclic amines) is 1. The molecule has 1 aromatic carbocycles. The van der Waals surface area contributed by atoms with Crippen molar-refractivity contribution in [3.8, 4) is 0 Å². The minimum absolute atomic E-state index is 0. The van der Waals surface area contributed by atoms with Crippen molar-refractivity contribution in [1.29, 1.82) is 0 Å². The summed E-state index contributed by atoms with van der Waals surface area (Å²) in [4.78, 5) is 14.3. The normalized spacial score (nSPS) is 15.5. The Balaban J connectivity index is 0.00000242. The Morgan fingerprint density at radius 1 is 1.41 bits per heavy atom. The molecular formula is C16H24Cl2N2O2. The van der Waals surface area contributed by atoms with Gasteiger partial charge in [-0.1, -0.05) is 17.7 Å². The molecule has 1 heterocycles. The van der Waals surface area contributed by atoms with Gasteiger partial charge in [-0.25, -0.2) is 0 Å². The lowest BCUT2D eigenvalue weighted by Gasteiger charge is -2.32. The van der Waals surface area contributed by atoms with Crippen LogP contribution in [0.2, 0.25) is 5.02 Å². The lowest BCUT2D eigenvalue weighted by atomic mass is 10.1. The third-order valence-electron chi connectivity index (χ3n) is 3.85. The van der Waals surface area contributed by atoms with Crippen LogP contribution in [0.4, 0.5) is 0 Å². The maximum absolute atomic E-state index is 12.4. The van der Waals surface area contributed by atoms with E-state index >= 15 is 0 Å². The highest BCUT2D eigenvalue weighted by Crippen LogP contribution is 2.20. The number of rotatable bonds is 5. The molecule has 0 aliphatic carbocycles. The smallest absolute Gasteiger partial charge is 0.253 e. The molecule has 124 valence electrons. The molecule has 0 aromatic heterocycles. The molecule has 1 amide bonds. The highest BCUT2D eigenvalue weighted by atomic mass is 35.5. The van der Waals surface area contributed by atoms with Crippen molar-refractivity contribution in [1.82, 2.24) is 4.90 Å². The third-order valence-corrected chi connectivity index (χ3v) is 4.26. The van der Waals surface area contributed by atoms with Gasteiger partial charge in [0.05, 0.1) is 6.10 Å². The van der Waals surface area contributed by atoms with E-state index in [1.165, 1.54) is 0 Å². The minimum atomic E-state index is 0. The van der Waals surface area contributed by atoms with Gasteiger partial charge in [0.15, 0.2) is 0 Å². The van der Waals surface area contributed by atoms with Gasteiger partial charge < -0.3 is 15.4 Å². The van der Waals surface area contributed by atoms with Gasteiger partial charge in [-0.3, -0.25) is 4.79 Å². The van der Waals surface area contributed by atoms with Crippen molar-refractivity contribution >= 4 is 29.9 Å². The van der Waals surface area contributed by atoms with Crippen LogP contribution in [0.3, 0.4) is 0 Å². The van der Waals surface area contributed by atoms with Gasteiger partial charge in [-0.2, -0.15) is 0 Å². The van der Waals surface area contributed by atoms with Crippen molar-refractivity contribution < 1.29 is 9.53 Å². The number of amides is 1. The lowest BCUT2D eigenvalue weighted by Crippen LogP contribution is -2.41. The van der Waals surface area contributed by atoms with Crippen LogP contribution < -0.4 is 5.73 Å². The molecule has 2 rings (SSSR count). The van der Waals surface area contributed by atoms with Crippen LogP contribution in [0.15, 0.2) is 18.2 Å². The second-order valence-electron chi connectivity index (χ2n) is 5.47. The molecule has 1 aliphatic heterocycles. The predicted molar refractivity (Wildman–Crippen MR) is 92.0 cm³/mol. The quantitative estimate of drug-likeness (QED) is 0.833. The van der Waals surface area contributed by atoms with E-state index < -0.39 is 0 Å². The van der Waals surface area contributed by atoms with E-state index in [1.807, 2.05) is 24.0 Å². The second-order valence-corrected chi connectivity index (χ2v) is 5.88. The van der Waals surface area contributed by atoms with Gasteiger partial charge in [0, 0.05) is 30.3 Å². The summed E-state index contributed by atoms with van der Waals surface area (Å²) in [5.74, 6) is 0.0531. The molecule has 0 bridgehead atoms. The molecule has 0 atom stereocenters. The fraction of sp³-hybridized carbons (Fsp3) is 0.562. The molecule has 4 nitrogen and oxygen atoms in total. The van der Waals surface area contributed by atoms with E-state index in [0.717, 1.165) is 37.9 Å². The molecule has 22 heavy (non-hydrogen) atoms. The van der Waals surface area contributed by atoms with Gasteiger partial charge in [0.1, 0.15) is 0 Å². The average Bonchev–Trinajstić information content (AvgIpc) is 2.50. The molecule has 1 saturated heterocycles. The zero-order valence-corrected chi connectivity index (χ0v) is 14.5. The molecule has 6 heteroatoms. The van der Waals surface area contributed by atoms with Crippen molar-refractivity contribution in [3.05, 3.63) is 34.3 Å². The molecule has 1 aromatic rings. The SMILES string of the molecule is Cc1ccc(C(=O)N2CCC(OCCCN)CC2)cc1Cl.Cl. The Kier molecular flexibility index (Phi) is 8.18. The zero-order valence-electron chi connectivity index (χ0n) is 12.9. The molecule has 0 radical (unpaired) electrons. The summed E-state index contributed by atoms with van der Waals surface area (Å²) in [7, 11) is 0. The number of hydrogen-bond acceptors (Lipinski definition) is 3. The van der Waals surface area contributed by atoms with Crippen LogP contribution >= 0.6 is 24.0 Å². The van der Waals surface area contributed by atoms with Gasteiger partial charge >= 0.3 is 0 Å². The molecule has 1 aliphatic rings. The van der Waals surface area contributed by atoms with E-state index in [-0.39, 0.29) is 24.4 Å². The Bertz CT molecular complexity index is 489. The number of carbonyl (C=O) groups excluding carboxylic acids is 1. The van der Waals surface area contributed by atoms with Crippen LogP contribution in [0.1, 0.15) is 35.2 Å². The van der Waals surface area contributed by atoms with Gasteiger partial charge in [-0.05, 0) is 50.4 Å². The molecule has 1 fully saturated rings. The molecule has 0 saturated carbocycles. The van der Waals surface area contributed by atoms with Crippen LogP contribution in [0.5, 0.6) is 0 Å². The monoisotopic (exact) mass is 346 g/mol. The minimum Gasteiger partial charge on any atom is -0.378 e. The van der Waals surface area contributed by atoms with Crippen molar-refractivity contribution in [2.75, 3.05) is 26.2 Å². The summed E-state index contributed by atoms with van der Waals surface area (Å²) in [6.45, 7) is 4.77. The lowest BCUT2D eigenvalue weighted by molar-refractivity contribution is 0.00845. The van der Waals surface area contributed by atoms with Gasteiger partial charge in [0.2, 0.25) is 0 Å². The maximum Gasteiger partial charge on any atom is 0.253 e. The van der Waals surface area contributed by atoms with Crippen LogP contribution in [0.25, 0.3) is 0 Å². The fourth-order valence-corrected chi connectivity index (χ4v) is 2.65. The summed E-state index contributed by atoms with van der Waals surface area (Å²) >= 11 is 6.09. The highest BCUT2D eigenvalue weighted by Gasteiger charge is 2.24. The van der Waals surface area contributed by atoms with Crippen molar-refractivity contribution in [2.24, 2.45) is 5.73 Å². The van der Waals surface area contributed by atoms with Crippen molar-refractivity contribution in [3.63, 3.8) is 0 Å². The van der Waals surface area contributed by atoms with Crippen LogP contribution in [-0.2, 0) is 4.74 Å². The van der Waals surface area contributed by atoms with Crippen LogP contribution in [0, 0.1) is 6.92 Å². The van der Waals surface area contributed by atoms with Crippen molar-refractivity contribution in [2.45, 2.75) is 32.3 Å². The van der Waals surface area contributed by atoms with E-state index in [0.29, 0.717) is 23.7 Å². The summed E-state index contributed by atoms with van der Waals surface area (Å²) in [6.07, 6.45) is 2.91. The number of halogens is 2. The summed E-state index contributed by atoms with van der Waals surface area (Å²) in [5.41, 5.74) is 7.10. The van der Waals surface area contributed by atoms with E-state index in [4.69, 9.17) is 22.1 Å². The Morgan fingerprint density at radius 3 is 2.68 bits per heavy atom. The van der Waals surface area contributed by atoms with E-state index in [2.05, 4.69) is 0 Å². The first-order valence-electron chi connectivity index (χ1n) is 7.49. The molecular weight excluding hydrogens is 323 g/mol. The summed E-state index contributed by atoms with van der Waals surface area (Å²) in [6, 6.07) is 5.48. The Hall–Kier alpha value is -0.810. The Morgan fingerprint density at radius 2 is 2.09 bits per heavy atom. The van der Waals surface area contributed by atoms with Gasteiger partial charge in [-0.15, -0.1) is 12.4 Å². The van der Waals surface area contributed by atoms with E-state index in [1.54, 1.807) is 6.07 Å². The number of hydrogen-bond donors (Lipinski definition) is 1. The molecule has 0 unspecified atom stereocenters. The fourth-order valence-electron chi connectivity index (χ4n) is 2.47. The van der Waals surface area contributed by atoms with E-state index in [9.17, 15) is 4.79 Å². The molecule has 0 spiro atoms. The first-order valence-corrected chi connectivity index (χ1v) is 7.86. The Labute approximate surface area is 143 Å². The number of benzene rings is 1.